The van der Waals surface area contributed by atoms with Crippen molar-refractivity contribution in [1.29, 1.82) is 5.26 Å². The zero-order valence-electron chi connectivity index (χ0n) is 12.9. The molecule has 7 heteroatoms. The Labute approximate surface area is 130 Å². The molecule has 6 nitrogen and oxygen atoms in total. The molecular formula is C15H23FN4O2. The molecule has 0 aromatic carbocycles. The van der Waals surface area contributed by atoms with Crippen LogP contribution in [0.2, 0.25) is 0 Å². The topological polar surface area (TPSA) is 90.4 Å². The number of hydrogen-bond acceptors (Lipinski definition) is 4. The second-order valence-electron chi connectivity index (χ2n) is 6.34. The molecule has 1 saturated carbocycles. The molecule has 1 aliphatic carbocycles. The zero-order chi connectivity index (χ0) is 16.3. The van der Waals surface area contributed by atoms with Gasteiger partial charge in [-0.3, -0.25) is 14.5 Å². The van der Waals surface area contributed by atoms with Crippen LogP contribution in [0.3, 0.4) is 0 Å². The maximum atomic E-state index is 13.5. The van der Waals surface area contributed by atoms with Crippen molar-refractivity contribution < 1.29 is 14.0 Å². The Balaban J connectivity index is 2.04. The summed E-state index contributed by atoms with van der Waals surface area (Å²) >= 11 is 0. The number of primary amides is 1. The molecule has 0 bridgehead atoms. The zero-order valence-corrected chi connectivity index (χ0v) is 12.9. The maximum Gasteiger partial charge on any atom is 0.237 e. The van der Waals surface area contributed by atoms with Gasteiger partial charge in [0.15, 0.2) is 0 Å². The van der Waals surface area contributed by atoms with Gasteiger partial charge in [0.05, 0.1) is 18.7 Å². The van der Waals surface area contributed by atoms with Crippen molar-refractivity contribution in [1.82, 2.24) is 9.80 Å². The summed E-state index contributed by atoms with van der Waals surface area (Å²) in [5.41, 5.74) is 4.50. The number of carbonyl (C=O) groups is 2. The average Bonchev–Trinajstić information content (AvgIpc) is 2.88. The number of halogens is 1. The third-order valence-corrected chi connectivity index (χ3v) is 4.92. The van der Waals surface area contributed by atoms with Crippen LogP contribution in [0.1, 0.15) is 38.5 Å². The molecule has 2 fully saturated rings. The summed E-state index contributed by atoms with van der Waals surface area (Å²) in [5.74, 6) is -0.868. The fourth-order valence-corrected chi connectivity index (χ4v) is 3.50. The highest BCUT2D eigenvalue weighted by Crippen LogP contribution is 2.32. The molecule has 2 N–H and O–H groups in total. The lowest BCUT2D eigenvalue weighted by Crippen LogP contribution is -2.54. The number of nitrogens with two attached hydrogens (primary N) is 1. The minimum absolute atomic E-state index is 0.0345. The van der Waals surface area contributed by atoms with E-state index in [9.17, 15) is 19.2 Å². The minimum atomic E-state index is -1.14. The first-order valence-corrected chi connectivity index (χ1v) is 7.75. The van der Waals surface area contributed by atoms with Gasteiger partial charge >= 0.3 is 0 Å². The summed E-state index contributed by atoms with van der Waals surface area (Å²) in [6.45, 7) is -0.0410. The van der Waals surface area contributed by atoms with Crippen molar-refractivity contribution in [2.45, 2.75) is 56.3 Å². The lowest BCUT2D eigenvalue weighted by Gasteiger charge is -2.39. The Bertz CT molecular complexity index is 484. The predicted octanol–water partition coefficient (Wildman–Crippen LogP) is 0.569. The van der Waals surface area contributed by atoms with Gasteiger partial charge in [-0.2, -0.15) is 5.26 Å². The van der Waals surface area contributed by atoms with Gasteiger partial charge in [-0.05, 0) is 12.8 Å². The summed E-state index contributed by atoms with van der Waals surface area (Å²) in [4.78, 5) is 26.8. The number of likely N-dealkylation sites (tertiary alicyclic amines) is 1. The summed E-state index contributed by atoms with van der Waals surface area (Å²) in [6, 6.07) is 1.55. The second-order valence-corrected chi connectivity index (χ2v) is 6.34. The molecule has 2 aliphatic rings. The van der Waals surface area contributed by atoms with Gasteiger partial charge < -0.3 is 10.6 Å². The maximum absolute atomic E-state index is 13.5. The summed E-state index contributed by atoms with van der Waals surface area (Å²) in [5, 5.41) is 9.51. The van der Waals surface area contributed by atoms with Crippen molar-refractivity contribution in [3.8, 4) is 6.07 Å². The molecular weight excluding hydrogens is 287 g/mol. The minimum Gasteiger partial charge on any atom is -0.368 e. The van der Waals surface area contributed by atoms with Crippen molar-refractivity contribution in [3.63, 3.8) is 0 Å². The number of hydrogen-bond donors (Lipinski definition) is 1. The monoisotopic (exact) mass is 310 g/mol. The van der Waals surface area contributed by atoms with Crippen molar-refractivity contribution in [2.24, 2.45) is 5.73 Å². The van der Waals surface area contributed by atoms with E-state index in [1.165, 1.54) is 9.80 Å². The number of likely N-dealkylation sites (N-methyl/N-ethyl adjacent to an activating group) is 1. The molecule has 0 aromatic heterocycles. The largest absolute Gasteiger partial charge is 0.368 e. The smallest absolute Gasteiger partial charge is 0.237 e. The Hall–Kier alpha value is -1.68. The highest BCUT2D eigenvalue weighted by Gasteiger charge is 2.41. The van der Waals surface area contributed by atoms with Crippen LogP contribution in [0, 0.1) is 11.3 Å². The fraction of sp³-hybridized carbons (Fsp3) is 0.800. The van der Waals surface area contributed by atoms with Gasteiger partial charge in [0, 0.05) is 20.0 Å². The number of nitrogens with zero attached hydrogens (tertiary/aromatic N) is 3. The molecule has 1 aliphatic heterocycles. The van der Waals surface area contributed by atoms with E-state index >= 15 is 0 Å². The van der Waals surface area contributed by atoms with Crippen LogP contribution in [-0.4, -0.2) is 59.5 Å². The summed E-state index contributed by atoms with van der Waals surface area (Å²) in [7, 11) is 1.62. The fourth-order valence-electron chi connectivity index (χ4n) is 3.50. The Kier molecular flexibility index (Phi) is 5.01. The van der Waals surface area contributed by atoms with E-state index < -0.39 is 23.7 Å². The SMILES string of the molecule is CN(C(=O)CN1C[C@H](F)C[C@H]1C(N)=O)C1(C#N)CCCCC1. The van der Waals surface area contributed by atoms with Crippen molar-refractivity contribution in [2.75, 3.05) is 20.1 Å². The van der Waals surface area contributed by atoms with Crippen LogP contribution in [0.5, 0.6) is 0 Å². The van der Waals surface area contributed by atoms with Gasteiger partial charge in [-0.25, -0.2) is 4.39 Å². The van der Waals surface area contributed by atoms with Crippen LogP contribution >= 0.6 is 0 Å². The van der Waals surface area contributed by atoms with E-state index in [0.717, 1.165) is 19.3 Å². The molecule has 2 amide bonds. The van der Waals surface area contributed by atoms with E-state index in [-0.39, 0.29) is 25.4 Å². The van der Waals surface area contributed by atoms with Gasteiger partial charge in [0.1, 0.15) is 11.7 Å². The molecule has 2 atom stereocenters. The van der Waals surface area contributed by atoms with Gasteiger partial charge in [0.2, 0.25) is 11.8 Å². The molecule has 2 rings (SSSR count). The first kappa shape index (κ1) is 16.7. The van der Waals surface area contributed by atoms with Gasteiger partial charge in [-0.15, -0.1) is 0 Å². The van der Waals surface area contributed by atoms with Gasteiger partial charge in [-0.1, -0.05) is 19.3 Å². The number of rotatable bonds is 4. The Morgan fingerprint density at radius 3 is 2.59 bits per heavy atom. The van der Waals surface area contributed by atoms with E-state index in [1.54, 1.807) is 7.05 Å². The molecule has 1 heterocycles. The van der Waals surface area contributed by atoms with E-state index in [2.05, 4.69) is 6.07 Å². The number of alkyl halides is 1. The van der Waals surface area contributed by atoms with Crippen LogP contribution in [-0.2, 0) is 9.59 Å². The van der Waals surface area contributed by atoms with Crippen molar-refractivity contribution in [3.05, 3.63) is 0 Å². The first-order valence-electron chi connectivity index (χ1n) is 7.75. The Morgan fingerprint density at radius 1 is 1.41 bits per heavy atom. The molecule has 122 valence electrons. The molecule has 0 spiro atoms. The van der Waals surface area contributed by atoms with Crippen LogP contribution in [0.15, 0.2) is 0 Å². The Morgan fingerprint density at radius 2 is 2.05 bits per heavy atom. The number of nitriles is 1. The molecule has 0 unspecified atom stereocenters. The molecule has 1 saturated heterocycles. The third-order valence-electron chi connectivity index (χ3n) is 4.92. The quantitative estimate of drug-likeness (QED) is 0.822. The summed E-state index contributed by atoms with van der Waals surface area (Å²) in [6.07, 6.45) is 3.14. The third kappa shape index (κ3) is 3.22. The van der Waals surface area contributed by atoms with Crippen molar-refractivity contribution >= 4 is 11.8 Å². The lowest BCUT2D eigenvalue weighted by atomic mass is 9.81. The van der Waals surface area contributed by atoms with E-state index in [1.807, 2.05) is 0 Å². The number of amides is 2. The van der Waals surface area contributed by atoms with E-state index in [4.69, 9.17) is 5.73 Å². The average molecular weight is 310 g/mol. The van der Waals surface area contributed by atoms with E-state index in [0.29, 0.717) is 12.8 Å². The first-order chi connectivity index (χ1) is 10.4. The number of carbonyl (C=O) groups excluding carboxylic acids is 2. The normalized spacial score (nSPS) is 28.0. The predicted molar refractivity (Wildman–Crippen MR) is 78.3 cm³/mol. The van der Waals surface area contributed by atoms with Crippen LogP contribution in [0.25, 0.3) is 0 Å². The lowest BCUT2D eigenvalue weighted by molar-refractivity contribution is -0.137. The molecule has 0 radical (unpaired) electrons. The highest BCUT2D eigenvalue weighted by molar-refractivity contribution is 5.83. The standard InChI is InChI=1S/C15H23FN4O2/c1-19(15(10-17)5-3-2-4-6-15)13(21)9-20-8-11(16)7-12(20)14(18)22/h11-12H,2-9H2,1H3,(H2,18,22)/t11-,12+/m1/s1. The van der Waals surface area contributed by atoms with Crippen LogP contribution < -0.4 is 5.73 Å². The van der Waals surface area contributed by atoms with Crippen LogP contribution in [0.4, 0.5) is 4.39 Å². The second kappa shape index (κ2) is 6.61. The molecule has 0 aromatic rings. The van der Waals surface area contributed by atoms with Gasteiger partial charge in [0.25, 0.3) is 0 Å². The molecule has 22 heavy (non-hydrogen) atoms. The summed E-state index contributed by atoms with van der Waals surface area (Å²) < 4.78 is 13.5. The highest BCUT2D eigenvalue weighted by atomic mass is 19.1.